The predicted octanol–water partition coefficient (Wildman–Crippen LogP) is 2.51. The molecule has 0 atom stereocenters. The second kappa shape index (κ2) is 4.45. The molecule has 0 aliphatic heterocycles. The summed E-state index contributed by atoms with van der Waals surface area (Å²) >= 11 is 0. The molecule has 2 nitrogen and oxygen atoms in total. The predicted molar refractivity (Wildman–Crippen MR) is 54.6 cm³/mol. The third-order valence-corrected chi connectivity index (χ3v) is 1.72. The monoisotopic (exact) mass is 175 g/mol. The zero-order valence-electron chi connectivity index (χ0n) is 7.87. The summed E-state index contributed by atoms with van der Waals surface area (Å²) in [7, 11) is 0. The van der Waals surface area contributed by atoms with E-state index in [1.165, 1.54) is 6.08 Å². The molecule has 0 aromatic heterocycles. The highest BCUT2D eigenvalue weighted by atomic mass is 16.1. The van der Waals surface area contributed by atoms with Crippen LogP contribution in [0.5, 0.6) is 0 Å². The average Bonchev–Trinajstić information content (AvgIpc) is 2.09. The van der Waals surface area contributed by atoms with Crippen LogP contribution in [0.1, 0.15) is 12.5 Å². The summed E-state index contributed by atoms with van der Waals surface area (Å²) < 4.78 is 0. The SMILES string of the molecule is C/C=C\C(=O)Nc1ccccc1C. The van der Waals surface area contributed by atoms with Crippen LogP contribution in [0.15, 0.2) is 36.4 Å². The van der Waals surface area contributed by atoms with Crippen molar-refractivity contribution in [1.82, 2.24) is 0 Å². The number of carbonyl (C=O) groups excluding carboxylic acids is 1. The fraction of sp³-hybridized carbons (Fsp3) is 0.182. The van der Waals surface area contributed by atoms with Crippen LogP contribution in [0, 0.1) is 6.92 Å². The van der Waals surface area contributed by atoms with E-state index in [9.17, 15) is 4.79 Å². The third-order valence-electron chi connectivity index (χ3n) is 1.72. The maximum absolute atomic E-state index is 11.2. The molecule has 0 unspecified atom stereocenters. The number of benzene rings is 1. The van der Waals surface area contributed by atoms with Gasteiger partial charge in [0.1, 0.15) is 0 Å². The van der Waals surface area contributed by atoms with E-state index >= 15 is 0 Å². The highest BCUT2D eigenvalue weighted by Gasteiger charge is 1.98. The maximum atomic E-state index is 11.2. The Morgan fingerprint density at radius 1 is 1.38 bits per heavy atom. The Bertz CT molecular complexity index is 329. The standard InChI is InChI=1S/C11H13NO/c1-3-6-11(13)12-10-8-5-4-7-9(10)2/h3-8H,1-2H3,(H,12,13)/b6-3-. The lowest BCUT2D eigenvalue weighted by Crippen LogP contribution is -2.08. The number of nitrogens with one attached hydrogen (secondary N) is 1. The van der Waals surface area contributed by atoms with Crippen LogP contribution in [-0.4, -0.2) is 5.91 Å². The molecule has 1 amide bonds. The van der Waals surface area contributed by atoms with Crippen LogP contribution in [0.25, 0.3) is 0 Å². The van der Waals surface area contributed by atoms with Crippen molar-refractivity contribution < 1.29 is 4.79 Å². The van der Waals surface area contributed by atoms with Gasteiger partial charge in [0.25, 0.3) is 0 Å². The fourth-order valence-corrected chi connectivity index (χ4v) is 1.04. The molecule has 0 heterocycles. The van der Waals surface area contributed by atoms with Crippen molar-refractivity contribution in [2.45, 2.75) is 13.8 Å². The highest BCUT2D eigenvalue weighted by Crippen LogP contribution is 2.12. The number of para-hydroxylation sites is 1. The van der Waals surface area contributed by atoms with Crippen molar-refractivity contribution in [3.8, 4) is 0 Å². The smallest absolute Gasteiger partial charge is 0.248 e. The van der Waals surface area contributed by atoms with Crippen molar-refractivity contribution in [3.63, 3.8) is 0 Å². The van der Waals surface area contributed by atoms with Gasteiger partial charge in [0.2, 0.25) is 5.91 Å². The number of rotatable bonds is 2. The maximum Gasteiger partial charge on any atom is 0.248 e. The minimum Gasteiger partial charge on any atom is -0.322 e. The van der Waals surface area contributed by atoms with Crippen LogP contribution in [0.2, 0.25) is 0 Å². The van der Waals surface area contributed by atoms with Crippen molar-refractivity contribution >= 4 is 11.6 Å². The van der Waals surface area contributed by atoms with E-state index in [0.29, 0.717) is 0 Å². The summed E-state index contributed by atoms with van der Waals surface area (Å²) in [6.45, 7) is 3.78. The molecule has 1 rings (SSSR count). The first kappa shape index (κ1) is 9.52. The van der Waals surface area contributed by atoms with E-state index < -0.39 is 0 Å². The van der Waals surface area contributed by atoms with Gasteiger partial charge in [-0.2, -0.15) is 0 Å². The molecule has 68 valence electrons. The molecule has 2 heteroatoms. The Balaban J connectivity index is 2.74. The lowest BCUT2D eigenvalue weighted by molar-refractivity contribution is -0.111. The molecule has 0 fully saturated rings. The number of anilines is 1. The molecule has 0 bridgehead atoms. The van der Waals surface area contributed by atoms with Crippen molar-refractivity contribution in [3.05, 3.63) is 42.0 Å². The second-order valence-corrected chi connectivity index (χ2v) is 2.80. The summed E-state index contributed by atoms with van der Waals surface area (Å²) in [6.07, 6.45) is 3.22. The zero-order chi connectivity index (χ0) is 9.68. The zero-order valence-corrected chi connectivity index (χ0v) is 7.87. The third kappa shape index (κ3) is 2.75. The molecule has 0 saturated carbocycles. The van der Waals surface area contributed by atoms with Crippen LogP contribution in [-0.2, 0) is 4.79 Å². The Hall–Kier alpha value is -1.57. The van der Waals surface area contributed by atoms with Gasteiger partial charge in [-0.25, -0.2) is 0 Å². The van der Waals surface area contributed by atoms with Gasteiger partial charge in [0.15, 0.2) is 0 Å². The molecule has 0 radical (unpaired) electrons. The van der Waals surface area contributed by atoms with Gasteiger partial charge < -0.3 is 5.32 Å². The molecule has 1 N–H and O–H groups in total. The number of amides is 1. The van der Waals surface area contributed by atoms with E-state index in [-0.39, 0.29) is 5.91 Å². The van der Waals surface area contributed by atoms with Crippen molar-refractivity contribution in [2.24, 2.45) is 0 Å². The average molecular weight is 175 g/mol. The molecule has 0 spiro atoms. The lowest BCUT2D eigenvalue weighted by atomic mass is 10.2. The van der Waals surface area contributed by atoms with Crippen LogP contribution >= 0.6 is 0 Å². The first-order valence-electron chi connectivity index (χ1n) is 4.23. The van der Waals surface area contributed by atoms with Crippen LogP contribution in [0.4, 0.5) is 5.69 Å². The summed E-state index contributed by atoms with van der Waals surface area (Å²) in [5, 5.41) is 2.79. The van der Waals surface area contributed by atoms with Crippen molar-refractivity contribution in [1.29, 1.82) is 0 Å². The van der Waals surface area contributed by atoms with Crippen LogP contribution < -0.4 is 5.32 Å². The normalized spacial score (nSPS) is 10.3. The molecule has 1 aromatic carbocycles. The quantitative estimate of drug-likeness (QED) is 0.687. The first-order valence-corrected chi connectivity index (χ1v) is 4.23. The highest BCUT2D eigenvalue weighted by molar-refractivity contribution is 5.99. The van der Waals surface area contributed by atoms with Gasteiger partial charge in [-0.05, 0) is 31.6 Å². The number of hydrogen-bond donors (Lipinski definition) is 1. The number of allylic oxidation sites excluding steroid dienone is 1. The molecule has 13 heavy (non-hydrogen) atoms. The largest absolute Gasteiger partial charge is 0.322 e. The molecule has 0 aliphatic rings. The van der Waals surface area contributed by atoms with E-state index in [2.05, 4.69) is 5.32 Å². The Morgan fingerprint density at radius 3 is 2.69 bits per heavy atom. The molecular weight excluding hydrogens is 162 g/mol. The van der Waals surface area contributed by atoms with Gasteiger partial charge in [0, 0.05) is 5.69 Å². The minimum absolute atomic E-state index is 0.0863. The molecular formula is C11H13NO. The van der Waals surface area contributed by atoms with Gasteiger partial charge in [-0.15, -0.1) is 0 Å². The van der Waals surface area contributed by atoms with Gasteiger partial charge in [-0.3, -0.25) is 4.79 Å². The lowest BCUT2D eigenvalue weighted by Gasteiger charge is -2.04. The second-order valence-electron chi connectivity index (χ2n) is 2.80. The van der Waals surface area contributed by atoms with Crippen molar-refractivity contribution in [2.75, 3.05) is 5.32 Å². The summed E-state index contributed by atoms with van der Waals surface area (Å²) in [5.74, 6) is -0.0863. The van der Waals surface area contributed by atoms with E-state index in [1.807, 2.05) is 38.1 Å². The molecule has 0 saturated heterocycles. The number of aryl methyl sites for hydroxylation is 1. The van der Waals surface area contributed by atoms with Gasteiger partial charge >= 0.3 is 0 Å². The topological polar surface area (TPSA) is 29.1 Å². The minimum atomic E-state index is -0.0863. The molecule has 0 aliphatic carbocycles. The Labute approximate surface area is 78.3 Å². The summed E-state index contributed by atoms with van der Waals surface area (Å²) in [6, 6.07) is 7.70. The summed E-state index contributed by atoms with van der Waals surface area (Å²) in [4.78, 5) is 11.2. The number of carbonyl (C=O) groups is 1. The Morgan fingerprint density at radius 2 is 2.08 bits per heavy atom. The van der Waals surface area contributed by atoms with Gasteiger partial charge in [0.05, 0.1) is 0 Å². The first-order chi connectivity index (χ1) is 6.24. The van der Waals surface area contributed by atoms with E-state index in [1.54, 1.807) is 6.08 Å². The Kier molecular flexibility index (Phi) is 3.26. The fourth-order valence-electron chi connectivity index (χ4n) is 1.04. The number of hydrogen-bond acceptors (Lipinski definition) is 1. The van der Waals surface area contributed by atoms with Crippen LogP contribution in [0.3, 0.4) is 0 Å². The van der Waals surface area contributed by atoms with E-state index in [0.717, 1.165) is 11.3 Å². The van der Waals surface area contributed by atoms with E-state index in [4.69, 9.17) is 0 Å². The summed E-state index contributed by atoms with van der Waals surface area (Å²) in [5.41, 5.74) is 1.94. The molecule has 1 aromatic rings. The van der Waals surface area contributed by atoms with Gasteiger partial charge in [-0.1, -0.05) is 24.3 Å².